The Kier molecular flexibility index (Phi) is 4.05. The summed E-state index contributed by atoms with van der Waals surface area (Å²) in [7, 11) is 0. The quantitative estimate of drug-likeness (QED) is 0.545. The third kappa shape index (κ3) is 2.68. The zero-order valence-electron chi connectivity index (χ0n) is 14.2. The molecule has 1 unspecified atom stereocenters. The van der Waals surface area contributed by atoms with Crippen LogP contribution in [0.3, 0.4) is 0 Å². The summed E-state index contributed by atoms with van der Waals surface area (Å²) in [5.41, 5.74) is 3.50. The molecule has 0 saturated heterocycles. The van der Waals surface area contributed by atoms with Crippen LogP contribution in [-0.2, 0) is 0 Å². The first-order valence-corrected chi connectivity index (χ1v) is 8.92. The summed E-state index contributed by atoms with van der Waals surface area (Å²) >= 11 is 3.48. The Morgan fingerprint density at radius 1 is 1.31 bits per heavy atom. The lowest BCUT2D eigenvalue weighted by atomic mass is 9.98. The van der Waals surface area contributed by atoms with Crippen LogP contribution in [0.25, 0.3) is 16.8 Å². The van der Waals surface area contributed by atoms with Gasteiger partial charge >= 0.3 is 0 Å². The number of nitrogens with one attached hydrogen (secondary N) is 1. The lowest BCUT2D eigenvalue weighted by molar-refractivity contribution is 0.865. The number of aromatic nitrogens is 4. The topological polar surface area (TPSA) is 78.9 Å². The van der Waals surface area contributed by atoms with Gasteiger partial charge in [0, 0.05) is 23.1 Å². The summed E-state index contributed by atoms with van der Waals surface area (Å²) < 4.78 is 2.74. The van der Waals surface area contributed by atoms with Crippen LogP contribution in [0.1, 0.15) is 29.7 Å². The van der Waals surface area contributed by atoms with Gasteiger partial charge in [0.25, 0.3) is 0 Å². The fraction of sp³-hybridized carbons (Fsp3) is 0.158. The van der Waals surface area contributed by atoms with Gasteiger partial charge in [0.15, 0.2) is 5.65 Å². The molecule has 7 heteroatoms. The number of benzene rings is 1. The fourth-order valence-corrected chi connectivity index (χ4v) is 3.47. The first-order chi connectivity index (χ1) is 12.6. The second-order valence-corrected chi connectivity index (χ2v) is 7.00. The molecule has 3 aromatic heterocycles. The van der Waals surface area contributed by atoms with Crippen LogP contribution < -0.4 is 5.32 Å². The monoisotopic (exact) mass is 406 g/mol. The van der Waals surface area contributed by atoms with Crippen molar-refractivity contribution in [1.29, 1.82) is 5.26 Å². The van der Waals surface area contributed by atoms with Crippen molar-refractivity contribution in [2.75, 3.05) is 5.32 Å². The summed E-state index contributed by atoms with van der Waals surface area (Å²) in [6, 6.07) is 9.96. The third-order valence-electron chi connectivity index (χ3n) is 4.47. The first-order valence-electron chi connectivity index (χ1n) is 8.13. The average molecular weight is 407 g/mol. The number of hydrogen-bond donors (Lipinski definition) is 1. The Balaban J connectivity index is 1.84. The Hall–Kier alpha value is -2.98. The van der Waals surface area contributed by atoms with Crippen LogP contribution in [0, 0.1) is 18.3 Å². The highest BCUT2D eigenvalue weighted by Crippen LogP contribution is 2.29. The van der Waals surface area contributed by atoms with Crippen molar-refractivity contribution >= 4 is 38.6 Å². The molecule has 1 atom stereocenters. The highest BCUT2D eigenvalue weighted by atomic mass is 79.9. The van der Waals surface area contributed by atoms with Crippen LogP contribution in [0.4, 0.5) is 5.82 Å². The van der Waals surface area contributed by atoms with Gasteiger partial charge in [-0.05, 0) is 53.0 Å². The number of halogens is 1. The molecular formula is C19H15BrN6. The second kappa shape index (κ2) is 6.39. The predicted molar refractivity (Wildman–Crippen MR) is 104 cm³/mol. The molecule has 1 N–H and O–H groups in total. The van der Waals surface area contributed by atoms with Gasteiger partial charge in [-0.3, -0.25) is 4.40 Å². The lowest BCUT2D eigenvalue weighted by Gasteiger charge is -2.19. The van der Waals surface area contributed by atoms with Gasteiger partial charge in [-0.25, -0.2) is 9.97 Å². The van der Waals surface area contributed by atoms with E-state index in [1.165, 1.54) is 0 Å². The molecule has 3 heterocycles. The third-order valence-corrected chi connectivity index (χ3v) is 4.90. The van der Waals surface area contributed by atoms with Gasteiger partial charge in [-0.15, -0.1) is 0 Å². The SMILES string of the molecule is Cc1c(C#N)cccc1C(C)Nc1nc2nccn2c2ncc(Br)cc12. The Morgan fingerprint density at radius 2 is 2.15 bits per heavy atom. The second-order valence-electron chi connectivity index (χ2n) is 6.08. The predicted octanol–water partition coefficient (Wildman–Crippen LogP) is 4.39. The number of anilines is 1. The Labute approximate surface area is 158 Å². The minimum Gasteiger partial charge on any atom is -0.363 e. The largest absolute Gasteiger partial charge is 0.363 e. The minimum atomic E-state index is -0.0320. The molecule has 0 spiro atoms. The fourth-order valence-electron chi connectivity index (χ4n) is 3.14. The van der Waals surface area contributed by atoms with Gasteiger partial charge in [-0.1, -0.05) is 12.1 Å². The molecule has 128 valence electrons. The molecule has 0 aliphatic rings. The Morgan fingerprint density at radius 3 is 2.96 bits per heavy atom. The van der Waals surface area contributed by atoms with Crippen LogP contribution in [0.2, 0.25) is 0 Å². The van der Waals surface area contributed by atoms with Gasteiger partial charge in [-0.2, -0.15) is 10.2 Å². The minimum absolute atomic E-state index is 0.0320. The number of rotatable bonds is 3. The van der Waals surface area contributed by atoms with Crippen LogP contribution in [-0.4, -0.2) is 19.4 Å². The normalized spacial score (nSPS) is 12.2. The first kappa shape index (κ1) is 16.5. The summed E-state index contributed by atoms with van der Waals surface area (Å²) in [6.45, 7) is 4.02. The van der Waals surface area contributed by atoms with Crippen LogP contribution in [0.15, 0.2) is 47.3 Å². The molecule has 0 aliphatic carbocycles. The van der Waals surface area contributed by atoms with Crippen molar-refractivity contribution in [2.45, 2.75) is 19.9 Å². The van der Waals surface area contributed by atoms with Gasteiger partial charge in [0.05, 0.1) is 23.1 Å². The molecule has 0 fully saturated rings. The van der Waals surface area contributed by atoms with Crippen molar-refractivity contribution in [3.8, 4) is 6.07 Å². The molecule has 1 aromatic carbocycles. The molecule has 0 amide bonds. The summed E-state index contributed by atoms with van der Waals surface area (Å²) in [6.07, 6.45) is 5.31. The number of pyridine rings is 1. The molecule has 26 heavy (non-hydrogen) atoms. The number of nitrogens with zero attached hydrogens (tertiary/aromatic N) is 5. The van der Waals surface area contributed by atoms with Crippen molar-refractivity contribution in [1.82, 2.24) is 19.4 Å². The summed E-state index contributed by atoms with van der Waals surface area (Å²) in [5, 5.41) is 13.6. The summed E-state index contributed by atoms with van der Waals surface area (Å²) in [5.74, 6) is 1.30. The number of fused-ring (bicyclic) bond motifs is 3. The van der Waals surface area contributed by atoms with E-state index in [0.29, 0.717) is 17.2 Å². The van der Waals surface area contributed by atoms with Crippen molar-refractivity contribution in [2.24, 2.45) is 0 Å². The Bertz CT molecular complexity index is 1170. The number of nitriles is 1. The zero-order valence-corrected chi connectivity index (χ0v) is 15.8. The maximum atomic E-state index is 9.27. The van der Waals surface area contributed by atoms with Crippen LogP contribution >= 0.6 is 15.9 Å². The maximum absolute atomic E-state index is 9.27. The van der Waals surface area contributed by atoms with Gasteiger partial charge in [0.1, 0.15) is 5.82 Å². The van der Waals surface area contributed by atoms with Crippen LogP contribution in [0.5, 0.6) is 0 Å². The van der Waals surface area contributed by atoms with E-state index in [4.69, 9.17) is 0 Å². The molecule has 4 aromatic rings. The van der Waals surface area contributed by atoms with Gasteiger partial charge < -0.3 is 5.32 Å². The van der Waals surface area contributed by atoms with Gasteiger partial charge in [0.2, 0.25) is 5.78 Å². The van der Waals surface area contributed by atoms with E-state index in [-0.39, 0.29) is 6.04 Å². The van der Waals surface area contributed by atoms with E-state index in [1.54, 1.807) is 12.4 Å². The molecule has 0 aliphatic heterocycles. The van der Waals surface area contributed by atoms with E-state index >= 15 is 0 Å². The molecular weight excluding hydrogens is 392 g/mol. The molecule has 4 rings (SSSR count). The van der Waals surface area contributed by atoms with E-state index in [0.717, 1.165) is 26.6 Å². The van der Waals surface area contributed by atoms with E-state index in [1.807, 2.05) is 41.8 Å². The highest BCUT2D eigenvalue weighted by Gasteiger charge is 2.15. The molecule has 0 saturated carbocycles. The maximum Gasteiger partial charge on any atom is 0.237 e. The number of hydrogen-bond acceptors (Lipinski definition) is 5. The molecule has 0 radical (unpaired) electrons. The zero-order chi connectivity index (χ0) is 18.3. The lowest BCUT2D eigenvalue weighted by Crippen LogP contribution is -2.11. The van der Waals surface area contributed by atoms with Crippen molar-refractivity contribution < 1.29 is 0 Å². The molecule has 0 bridgehead atoms. The summed E-state index contributed by atoms with van der Waals surface area (Å²) in [4.78, 5) is 13.5. The van der Waals surface area contributed by atoms with Crippen molar-refractivity contribution in [3.05, 3.63) is 64.0 Å². The van der Waals surface area contributed by atoms with E-state index in [9.17, 15) is 5.26 Å². The standard InChI is InChI=1S/C19H15BrN6/c1-11-13(9-21)4-3-5-15(11)12(2)24-17-16-8-14(20)10-23-18(16)26-7-6-22-19(26)25-17/h3-8,10,12H,1-2H3,(H,22,24,25). The average Bonchev–Trinajstić information content (AvgIpc) is 3.10. The van der Waals surface area contributed by atoms with E-state index < -0.39 is 0 Å². The van der Waals surface area contributed by atoms with Crippen molar-refractivity contribution in [3.63, 3.8) is 0 Å². The highest BCUT2D eigenvalue weighted by molar-refractivity contribution is 9.10. The number of imidazole rings is 1. The smallest absolute Gasteiger partial charge is 0.237 e. The molecule has 6 nitrogen and oxygen atoms in total. The van der Waals surface area contributed by atoms with E-state index in [2.05, 4.69) is 49.2 Å².